The first kappa shape index (κ1) is 14.1. The molecule has 0 fully saturated rings. The Morgan fingerprint density at radius 3 is 2.50 bits per heavy atom. The van der Waals surface area contributed by atoms with E-state index in [0.29, 0.717) is 0 Å². The van der Waals surface area contributed by atoms with Crippen LogP contribution in [-0.2, 0) is 0 Å². The molecule has 0 heterocycles. The molecule has 0 unspecified atom stereocenters. The summed E-state index contributed by atoms with van der Waals surface area (Å²) in [6.45, 7) is -0.0976. The maximum absolute atomic E-state index is 11.9. The summed E-state index contributed by atoms with van der Waals surface area (Å²) < 4.78 is 40.7. The van der Waals surface area contributed by atoms with Crippen LogP contribution in [0.1, 0.15) is 23.2 Å². The minimum atomic E-state index is -4.19. The highest BCUT2D eigenvalue weighted by molar-refractivity contribution is 5.94. The number of primary amides is 1. The number of carbonyl (C=O) groups excluding carboxylic acids is 1. The fourth-order valence-electron chi connectivity index (χ4n) is 1.29. The topological polar surface area (TPSA) is 78.3 Å². The Balaban J connectivity index is 2.51. The number of hydrogen-bond donors (Lipinski definition) is 2. The van der Waals surface area contributed by atoms with E-state index in [1.165, 1.54) is 18.2 Å². The third-order valence-corrected chi connectivity index (χ3v) is 2.16. The Labute approximate surface area is 102 Å². The number of amides is 1. The van der Waals surface area contributed by atoms with Crippen molar-refractivity contribution in [3.63, 3.8) is 0 Å². The van der Waals surface area contributed by atoms with Crippen LogP contribution in [0.3, 0.4) is 0 Å². The summed E-state index contributed by atoms with van der Waals surface area (Å²) in [5, 5.41) is 0. The van der Waals surface area contributed by atoms with Crippen LogP contribution in [0.2, 0.25) is 0 Å². The molecule has 100 valence electrons. The summed E-state index contributed by atoms with van der Waals surface area (Å²) in [5.74, 6) is -0.396. The van der Waals surface area contributed by atoms with Crippen LogP contribution >= 0.6 is 0 Å². The quantitative estimate of drug-likeness (QED) is 0.630. The van der Waals surface area contributed by atoms with Crippen molar-refractivity contribution in [2.24, 2.45) is 5.73 Å². The van der Waals surface area contributed by atoms with E-state index >= 15 is 0 Å². The van der Waals surface area contributed by atoms with Gasteiger partial charge in [0.05, 0.1) is 12.3 Å². The Hall–Kier alpha value is -1.92. The molecule has 0 spiro atoms. The van der Waals surface area contributed by atoms with Gasteiger partial charge < -0.3 is 16.2 Å². The number of nitrogens with two attached hydrogens (primary N) is 2. The number of hydrogen-bond acceptors (Lipinski definition) is 3. The van der Waals surface area contributed by atoms with Gasteiger partial charge >= 0.3 is 6.18 Å². The van der Waals surface area contributed by atoms with Crippen molar-refractivity contribution in [2.45, 2.75) is 19.0 Å². The summed E-state index contributed by atoms with van der Waals surface area (Å²) in [6.07, 6.45) is -5.25. The van der Waals surface area contributed by atoms with E-state index in [4.69, 9.17) is 16.2 Å². The Kier molecular flexibility index (Phi) is 4.41. The van der Waals surface area contributed by atoms with Crippen molar-refractivity contribution in [1.82, 2.24) is 0 Å². The van der Waals surface area contributed by atoms with Crippen LogP contribution in [0.25, 0.3) is 0 Å². The lowest BCUT2D eigenvalue weighted by molar-refractivity contribution is -0.136. The summed E-state index contributed by atoms with van der Waals surface area (Å²) in [5.41, 5.74) is 11.0. The molecule has 0 radical (unpaired) electrons. The molecule has 1 amide bonds. The zero-order valence-electron chi connectivity index (χ0n) is 9.46. The molecule has 0 atom stereocenters. The van der Waals surface area contributed by atoms with Crippen molar-refractivity contribution in [1.29, 1.82) is 0 Å². The highest BCUT2D eigenvalue weighted by atomic mass is 19.4. The first-order chi connectivity index (χ1) is 8.29. The standard InChI is InChI=1S/C11H13F3N2O2/c12-11(13,14)4-1-5-18-9-3-2-7(10(16)17)6-8(9)15/h2-3,6H,1,4-5,15H2,(H2,16,17). The van der Waals surface area contributed by atoms with Crippen LogP contribution in [0.4, 0.5) is 18.9 Å². The summed E-state index contributed by atoms with van der Waals surface area (Å²) in [6, 6.07) is 4.13. The maximum atomic E-state index is 11.9. The second kappa shape index (κ2) is 5.61. The van der Waals surface area contributed by atoms with E-state index in [1.807, 2.05) is 0 Å². The van der Waals surface area contributed by atoms with Gasteiger partial charge in [-0.05, 0) is 24.6 Å². The third kappa shape index (κ3) is 4.52. The van der Waals surface area contributed by atoms with Crippen molar-refractivity contribution < 1.29 is 22.7 Å². The molecule has 1 aromatic carbocycles. The van der Waals surface area contributed by atoms with Gasteiger partial charge in [0.1, 0.15) is 5.75 Å². The van der Waals surface area contributed by atoms with Gasteiger partial charge in [-0.3, -0.25) is 4.79 Å². The van der Waals surface area contributed by atoms with E-state index in [1.54, 1.807) is 0 Å². The normalized spacial score (nSPS) is 11.3. The molecule has 0 aliphatic carbocycles. The molecule has 18 heavy (non-hydrogen) atoms. The van der Waals surface area contributed by atoms with Gasteiger partial charge in [-0.15, -0.1) is 0 Å². The molecular formula is C11H13F3N2O2. The second-order valence-electron chi connectivity index (χ2n) is 3.68. The Morgan fingerprint density at radius 2 is 2.00 bits per heavy atom. The van der Waals surface area contributed by atoms with Gasteiger partial charge in [0.2, 0.25) is 5.91 Å². The van der Waals surface area contributed by atoms with Crippen molar-refractivity contribution in [3.05, 3.63) is 23.8 Å². The monoisotopic (exact) mass is 262 g/mol. The molecule has 1 rings (SSSR count). The molecule has 1 aromatic rings. The van der Waals surface area contributed by atoms with Crippen molar-refractivity contribution in [3.8, 4) is 5.75 Å². The van der Waals surface area contributed by atoms with Gasteiger partial charge in [-0.25, -0.2) is 0 Å². The fourth-order valence-corrected chi connectivity index (χ4v) is 1.29. The molecule has 0 saturated heterocycles. The number of anilines is 1. The average Bonchev–Trinajstić information content (AvgIpc) is 2.24. The van der Waals surface area contributed by atoms with Crippen LogP contribution in [-0.4, -0.2) is 18.7 Å². The molecular weight excluding hydrogens is 249 g/mol. The van der Waals surface area contributed by atoms with Crippen LogP contribution in [0.5, 0.6) is 5.75 Å². The summed E-state index contributed by atoms with van der Waals surface area (Å²) in [4.78, 5) is 10.8. The van der Waals surface area contributed by atoms with Crippen LogP contribution in [0, 0.1) is 0 Å². The van der Waals surface area contributed by atoms with E-state index in [0.717, 1.165) is 0 Å². The zero-order valence-corrected chi connectivity index (χ0v) is 9.46. The molecule has 7 heteroatoms. The lowest BCUT2D eigenvalue weighted by Crippen LogP contribution is -2.12. The van der Waals surface area contributed by atoms with Crippen LogP contribution in [0.15, 0.2) is 18.2 Å². The fraction of sp³-hybridized carbons (Fsp3) is 0.364. The van der Waals surface area contributed by atoms with Crippen molar-refractivity contribution in [2.75, 3.05) is 12.3 Å². The Morgan fingerprint density at radius 1 is 1.33 bits per heavy atom. The molecule has 4 N–H and O–H groups in total. The predicted octanol–water partition coefficient (Wildman–Crippen LogP) is 2.09. The molecule has 0 saturated carbocycles. The maximum Gasteiger partial charge on any atom is 0.389 e. The number of nitrogen functional groups attached to an aromatic ring is 1. The highest BCUT2D eigenvalue weighted by Crippen LogP contribution is 2.24. The van der Waals surface area contributed by atoms with Crippen LogP contribution < -0.4 is 16.2 Å². The number of ether oxygens (including phenoxy) is 1. The van der Waals surface area contributed by atoms with E-state index in [9.17, 15) is 18.0 Å². The number of carbonyl (C=O) groups is 1. The number of halogens is 3. The number of alkyl halides is 3. The summed E-state index contributed by atoms with van der Waals surface area (Å²) >= 11 is 0. The molecule has 0 bridgehead atoms. The number of benzene rings is 1. The van der Waals surface area contributed by atoms with Gasteiger partial charge in [0.25, 0.3) is 0 Å². The minimum Gasteiger partial charge on any atom is -0.491 e. The van der Waals surface area contributed by atoms with Gasteiger partial charge in [-0.2, -0.15) is 13.2 Å². The third-order valence-electron chi connectivity index (χ3n) is 2.16. The smallest absolute Gasteiger partial charge is 0.389 e. The lowest BCUT2D eigenvalue weighted by Gasteiger charge is -2.10. The highest BCUT2D eigenvalue weighted by Gasteiger charge is 2.26. The lowest BCUT2D eigenvalue weighted by atomic mass is 10.2. The first-order valence-corrected chi connectivity index (χ1v) is 5.18. The van der Waals surface area contributed by atoms with Gasteiger partial charge in [0, 0.05) is 12.0 Å². The van der Waals surface area contributed by atoms with Gasteiger partial charge in [-0.1, -0.05) is 0 Å². The predicted molar refractivity (Wildman–Crippen MR) is 60.2 cm³/mol. The van der Waals surface area contributed by atoms with E-state index in [2.05, 4.69) is 0 Å². The molecule has 0 aliphatic rings. The summed E-state index contributed by atoms with van der Waals surface area (Å²) in [7, 11) is 0. The minimum absolute atomic E-state index is 0.0976. The Bertz CT molecular complexity index is 433. The van der Waals surface area contributed by atoms with Crippen molar-refractivity contribution >= 4 is 11.6 Å². The second-order valence-corrected chi connectivity index (χ2v) is 3.68. The van der Waals surface area contributed by atoms with Gasteiger partial charge in [0.15, 0.2) is 0 Å². The molecule has 0 aromatic heterocycles. The van der Waals surface area contributed by atoms with E-state index < -0.39 is 18.5 Å². The first-order valence-electron chi connectivity index (χ1n) is 5.18. The molecule has 0 aliphatic heterocycles. The SMILES string of the molecule is NC(=O)c1ccc(OCCCC(F)(F)F)c(N)c1. The number of rotatable bonds is 5. The average molecular weight is 262 g/mol. The largest absolute Gasteiger partial charge is 0.491 e. The zero-order chi connectivity index (χ0) is 13.8. The molecule has 4 nitrogen and oxygen atoms in total. The van der Waals surface area contributed by atoms with E-state index in [-0.39, 0.29) is 30.0 Å².